The summed E-state index contributed by atoms with van der Waals surface area (Å²) in [5, 5.41) is 10.2. The zero-order valence-electron chi connectivity index (χ0n) is 10.1. The highest BCUT2D eigenvalue weighted by molar-refractivity contribution is 6.31. The zero-order valence-corrected chi connectivity index (χ0v) is 10.9. The van der Waals surface area contributed by atoms with Gasteiger partial charge in [-0.3, -0.25) is 4.57 Å². The van der Waals surface area contributed by atoms with Gasteiger partial charge in [0.2, 0.25) is 11.8 Å². The second-order valence-corrected chi connectivity index (χ2v) is 4.61. The lowest BCUT2D eigenvalue weighted by Crippen LogP contribution is -2.03. The molecular formula is C13H11ClN4O. The fraction of sp³-hybridized carbons (Fsp3) is 0.0769. The Morgan fingerprint density at radius 1 is 1.21 bits per heavy atom. The first kappa shape index (κ1) is 11.8. The average molecular weight is 275 g/mol. The summed E-state index contributed by atoms with van der Waals surface area (Å²) < 4.78 is 1.68. The molecule has 0 amide bonds. The second kappa shape index (κ2) is 4.13. The number of hydrogen-bond acceptors (Lipinski definition) is 4. The van der Waals surface area contributed by atoms with Gasteiger partial charge in [-0.05, 0) is 30.7 Å². The Morgan fingerprint density at radius 3 is 2.79 bits per heavy atom. The number of nitrogen functional groups attached to an aromatic ring is 1. The van der Waals surface area contributed by atoms with Gasteiger partial charge in [-0.25, -0.2) is 4.98 Å². The van der Waals surface area contributed by atoms with Crippen molar-refractivity contribution >= 4 is 28.7 Å². The molecule has 0 aliphatic heterocycles. The molecule has 0 atom stereocenters. The van der Waals surface area contributed by atoms with Gasteiger partial charge in [0, 0.05) is 11.1 Å². The molecule has 0 saturated carbocycles. The Hall–Kier alpha value is -2.27. The summed E-state index contributed by atoms with van der Waals surface area (Å²) >= 11 is 6.12. The van der Waals surface area contributed by atoms with Crippen LogP contribution in [0.15, 0.2) is 30.3 Å². The van der Waals surface area contributed by atoms with Crippen LogP contribution in [-0.4, -0.2) is 19.6 Å². The van der Waals surface area contributed by atoms with Crippen LogP contribution >= 0.6 is 11.6 Å². The van der Waals surface area contributed by atoms with Crippen molar-refractivity contribution in [1.82, 2.24) is 14.5 Å². The maximum atomic E-state index is 9.52. The molecule has 2 heterocycles. The Bertz CT molecular complexity index is 782. The molecule has 3 N–H and O–H groups in total. The van der Waals surface area contributed by atoms with Crippen LogP contribution in [0.25, 0.3) is 16.9 Å². The highest BCUT2D eigenvalue weighted by Gasteiger charge is 2.14. The van der Waals surface area contributed by atoms with Crippen LogP contribution in [0, 0.1) is 6.92 Å². The van der Waals surface area contributed by atoms with E-state index in [0.717, 1.165) is 11.3 Å². The van der Waals surface area contributed by atoms with E-state index in [2.05, 4.69) is 9.97 Å². The van der Waals surface area contributed by atoms with E-state index in [4.69, 9.17) is 17.3 Å². The summed E-state index contributed by atoms with van der Waals surface area (Å²) in [5.74, 6) is 0.229. The Balaban J connectivity index is 2.39. The van der Waals surface area contributed by atoms with Gasteiger partial charge in [-0.1, -0.05) is 17.7 Å². The van der Waals surface area contributed by atoms with Crippen LogP contribution in [0.5, 0.6) is 5.88 Å². The molecule has 0 unspecified atom stereocenters. The van der Waals surface area contributed by atoms with Gasteiger partial charge in [-0.2, -0.15) is 4.98 Å². The maximum absolute atomic E-state index is 9.52. The lowest BCUT2D eigenvalue weighted by atomic mass is 10.2. The minimum atomic E-state index is -0.0756. The lowest BCUT2D eigenvalue weighted by Gasteiger charge is -2.10. The number of nitrogens with two attached hydrogens (primary N) is 1. The van der Waals surface area contributed by atoms with Gasteiger partial charge in [0.25, 0.3) is 0 Å². The standard InChI is InChI=1S/C13H11ClN4O/c1-7-8(14)3-2-4-10(7)18-12-9(16-13(18)15)5-6-11(19)17-12/h2-6H,1H3,(H2,15,16)(H,17,19). The van der Waals surface area contributed by atoms with E-state index in [1.807, 2.05) is 19.1 Å². The number of fused-ring (bicyclic) bond motifs is 1. The summed E-state index contributed by atoms with van der Waals surface area (Å²) in [6, 6.07) is 8.66. The molecule has 0 spiro atoms. The summed E-state index contributed by atoms with van der Waals surface area (Å²) in [4.78, 5) is 8.30. The fourth-order valence-electron chi connectivity index (χ4n) is 2.04. The van der Waals surface area contributed by atoms with Crippen LogP contribution in [0.3, 0.4) is 0 Å². The van der Waals surface area contributed by atoms with E-state index in [-0.39, 0.29) is 5.88 Å². The minimum Gasteiger partial charge on any atom is -0.493 e. The Morgan fingerprint density at radius 2 is 2.00 bits per heavy atom. The zero-order chi connectivity index (χ0) is 13.6. The summed E-state index contributed by atoms with van der Waals surface area (Å²) in [6.07, 6.45) is 0. The molecule has 6 heteroatoms. The van der Waals surface area contributed by atoms with Crippen LogP contribution in [0.2, 0.25) is 5.02 Å². The predicted molar refractivity (Wildman–Crippen MR) is 74.7 cm³/mol. The number of pyridine rings is 1. The molecule has 0 saturated heterocycles. The Labute approximate surface area is 114 Å². The van der Waals surface area contributed by atoms with Crippen molar-refractivity contribution < 1.29 is 5.11 Å². The highest BCUT2D eigenvalue weighted by atomic mass is 35.5. The number of nitrogens with zero attached hydrogens (tertiary/aromatic N) is 3. The molecule has 5 nitrogen and oxygen atoms in total. The van der Waals surface area contributed by atoms with E-state index in [9.17, 15) is 5.11 Å². The largest absolute Gasteiger partial charge is 0.493 e. The molecule has 0 bridgehead atoms. The second-order valence-electron chi connectivity index (χ2n) is 4.20. The quantitative estimate of drug-likeness (QED) is 0.715. The molecule has 1 aromatic carbocycles. The van der Waals surface area contributed by atoms with Gasteiger partial charge in [0.05, 0.1) is 5.69 Å². The molecule has 3 aromatic rings. The predicted octanol–water partition coefficient (Wildman–Crippen LogP) is 2.67. The molecule has 0 radical (unpaired) electrons. The lowest BCUT2D eigenvalue weighted by molar-refractivity contribution is 0.455. The third-order valence-corrected chi connectivity index (χ3v) is 3.41. The third-order valence-electron chi connectivity index (χ3n) is 3.00. The minimum absolute atomic E-state index is 0.0756. The third kappa shape index (κ3) is 1.79. The van der Waals surface area contributed by atoms with E-state index in [1.54, 1.807) is 16.7 Å². The van der Waals surface area contributed by atoms with Crippen molar-refractivity contribution in [2.75, 3.05) is 5.73 Å². The monoisotopic (exact) mass is 274 g/mol. The first-order valence-corrected chi connectivity index (χ1v) is 6.05. The van der Waals surface area contributed by atoms with E-state index in [0.29, 0.717) is 22.1 Å². The summed E-state index contributed by atoms with van der Waals surface area (Å²) in [5.41, 5.74) is 8.74. The number of imidazole rings is 1. The van der Waals surface area contributed by atoms with Crippen molar-refractivity contribution in [3.05, 3.63) is 40.9 Å². The number of rotatable bonds is 1. The Kier molecular flexibility index (Phi) is 2.57. The topological polar surface area (TPSA) is 77.0 Å². The first-order valence-electron chi connectivity index (χ1n) is 5.67. The average Bonchev–Trinajstić information content (AvgIpc) is 2.69. The molecule has 19 heavy (non-hydrogen) atoms. The van der Waals surface area contributed by atoms with Crippen LogP contribution in [0.4, 0.5) is 5.95 Å². The van der Waals surface area contributed by atoms with Crippen molar-refractivity contribution in [3.8, 4) is 11.6 Å². The highest BCUT2D eigenvalue weighted by Crippen LogP contribution is 2.28. The van der Waals surface area contributed by atoms with Crippen molar-refractivity contribution in [3.63, 3.8) is 0 Å². The number of hydrogen-bond donors (Lipinski definition) is 2. The van der Waals surface area contributed by atoms with Gasteiger partial charge >= 0.3 is 0 Å². The molecule has 2 aromatic heterocycles. The van der Waals surface area contributed by atoms with Crippen LogP contribution in [0.1, 0.15) is 5.56 Å². The number of aromatic nitrogens is 3. The number of anilines is 1. The molecule has 0 aliphatic rings. The summed E-state index contributed by atoms with van der Waals surface area (Å²) in [7, 11) is 0. The van der Waals surface area contributed by atoms with Gasteiger partial charge in [0.1, 0.15) is 5.52 Å². The molecule has 0 fully saturated rings. The maximum Gasteiger partial charge on any atom is 0.212 e. The molecular weight excluding hydrogens is 264 g/mol. The number of benzene rings is 1. The van der Waals surface area contributed by atoms with E-state index >= 15 is 0 Å². The summed E-state index contributed by atoms with van der Waals surface area (Å²) in [6.45, 7) is 1.89. The van der Waals surface area contributed by atoms with Gasteiger partial charge in [-0.15, -0.1) is 0 Å². The SMILES string of the molecule is Cc1c(Cl)cccc1-n1c(N)nc2ccc(O)nc21. The van der Waals surface area contributed by atoms with Crippen molar-refractivity contribution in [2.24, 2.45) is 0 Å². The normalized spacial score (nSPS) is 11.1. The first-order chi connectivity index (χ1) is 9.08. The van der Waals surface area contributed by atoms with E-state index < -0.39 is 0 Å². The number of halogens is 1. The smallest absolute Gasteiger partial charge is 0.212 e. The van der Waals surface area contributed by atoms with Crippen LogP contribution < -0.4 is 5.73 Å². The van der Waals surface area contributed by atoms with E-state index in [1.165, 1.54) is 6.07 Å². The van der Waals surface area contributed by atoms with Crippen molar-refractivity contribution in [2.45, 2.75) is 6.92 Å². The molecule has 3 rings (SSSR count). The molecule has 96 valence electrons. The van der Waals surface area contributed by atoms with Gasteiger partial charge < -0.3 is 10.8 Å². The van der Waals surface area contributed by atoms with Crippen LogP contribution in [-0.2, 0) is 0 Å². The fourth-order valence-corrected chi connectivity index (χ4v) is 2.21. The van der Waals surface area contributed by atoms with Gasteiger partial charge in [0.15, 0.2) is 5.65 Å². The van der Waals surface area contributed by atoms with Crippen molar-refractivity contribution in [1.29, 1.82) is 0 Å². The molecule has 0 aliphatic carbocycles. The number of aromatic hydroxyl groups is 1.